The molecule has 2 atom stereocenters. The van der Waals surface area contributed by atoms with Crippen molar-refractivity contribution in [2.45, 2.75) is 96.7 Å². The van der Waals surface area contributed by atoms with Gasteiger partial charge in [0, 0.05) is 51.7 Å². The standard InChI is InChI=1S/C38H50N4O4/c1-26(2)29-16-17-34-33(23-29)40-36(42(34)19-10-20-45-6)31-13-9-18-41(25-31)35(43)24-32(39-37(44)46-38(3,4)5)22-27-14-15-28-11-7-8-12-30(28)21-27/h7-8,11-12,14-17,21,23,26,31-32H,9-10,13,18-20,22,24-25H2,1-6H3,(H,39,44)/t31?,32-/m1/s1. The summed E-state index contributed by atoms with van der Waals surface area (Å²) >= 11 is 0. The van der Waals surface area contributed by atoms with Gasteiger partial charge in [-0.05, 0) is 86.4 Å². The van der Waals surface area contributed by atoms with E-state index in [0.29, 0.717) is 32.0 Å². The fourth-order valence-electron chi connectivity index (χ4n) is 6.49. The predicted molar refractivity (Wildman–Crippen MR) is 184 cm³/mol. The van der Waals surface area contributed by atoms with E-state index in [9.17, 15) is 9.59 Å². The Bertz CT molecular complexity index is 1650. The maximum atomic E-state index is 13.9. The van der Waals surface area contributed by atoms with Crippen LogP contribution in [0.5, 0.6) is 0 Å². The van der Waals surface area contributed by atoms with Gasteiger partial charge in [-0.25, -0.2) is 9.78 Å². The number of nitrogens with zero attached hydrogens (tertiary/aromatic N) is 3. The average molecular weight is 627 g/mol. The molecular formula is C38H50N4O4. The Hall–Kier alpha value is -3.91. The fraction of sp³-hybridized carbons (Fsp3) is 0.500. The maximum Gasteiger partial charge on any atom is 0.407 e. The quantitative estimate of drug-likeness (QED) is 0.174. The summed E-state index contributed by atoms with van der Waals surface area (Å²) in [5, 5.41) is 5.31. The summed E-state index contributed by atoms with van der Waals surface area (Å²) in [6.45, 7) is 12.7. The number of fused-ring (bicyclic) bond motifs is 2. The number of benzene rings is 3. The van der Waals surface area contributed by atoms with Gasteiger partial charge in [-0.1, -0.05) is 62.4 Å². The summed E-state index contributed by atoms with van der Waals surface area (Å²) in [6, 6.07) is 20.7. The molecule has 0 bridgehead atoms. The Labute approximate surface area is 273 Å². The van der Waals surface area contributed by atoms with E-state index in [1.165, 1.54) is 5.56 Å². The Morgan fingerprint density at radius 3 is 2.57 bits per heavy atom. The van der Waals surface area contributed by atoms with Gasteiger partial charge in [0.2, 0.25) is 5.91 Å². The van der Waals surface area contributed by atoms with Crippen LogP contribution >= 0.6 is 0 Å². The number of methoxy groups -OCH3 is 1. The number of likely N-dealkylation sites (tertiary alicyclic amines) is 1. The highest BCUT2D eigenvalue weighted by Crippen LogP contribution is 2.31. The van der Waals surface area contributed by atoms with Crippen LogP contribution in [0.1, 0.15) is 89.1 Å². The first-order chi connectivity index (χ1) is 22.0. The van der Waals surface area contributed by atoms with Crippen LogP contribution < -0.4 is 5.32 Å². The first-order valence-electron chi connectivity index (χ1n) is 16.7. The van der Waals surface area contributed by atoms with Gasteiger partial charge in [-0.3, -0.25) is 4.79 Å². The molecule has 246 valence electrons. The van der Waals surface area contributed by atoms with E-state index in [1.807, 2.05) is 37.8 Å². The van der Waals surface area contributed by atoms with Crippen molar-refractivity contribution in [1.29, 1.82) is 0 Å². The van der Waals surface area contributed by atoms with Crippen molar-refractivity contribution in [3.05, 3.63) is 77.6 Å². The average Bonchev–Trinajstić information content (AvgIpc) is 3.38. The molecule has 0 radical (unpaired) electrons. The summed E-state index contributed by atoms with van der Waals surface area (Å²) in [5.74, 6) is 1.64. The number of rotatable bonds is 11. The molecule has 1 unspecified atom stereocenters. The predicted octanol–water partition coefficient (Wildman–Crippen LogP) is 7.58. The van der Waals surface area contributed by atoms with Crippen LogP contribution in [0.25, 0.3) is 21.8 Å². The van der Waals surface area contributed by atoms with Crippen LogP contribution in [-0.2, 0) is 27.2 Å². The molecule has 8 heteroatoms. The maximum absolute atomic E-state index is 13.9. The van der Waals surface area contributed by atoms with Crippen molar-refractivity contribution in [3.63, 3.8) is 0 Å². The Morgan fingerprint density at radius 1 is 1.04 bits per heavy atom. The zero-order valence-corrected chi connectivity index (χ0v) is 28.3. The van der Waals surface area contributed by atoms with Gasteiger partial charge in [-0.15, -0.1) is 0 Å². The number of nitrogens with one attached hydrogen (secondary N) is 1. The zero-order chi connectivity index (χ0) is 32.8. The second-order valence-corrected chi connectivity index (χ2v) is 14.0. The molecule has 0 saturated carbocycles. The molecule has 8 nitrogen and oxygen atoms in total. The van der Waals surface area contributed by atoms with E-state index >= 15 is 0 Å². The van der Waals surface area contributed by atoms with Crippen LogP contribution in [0.3, 0.4) is 0 Å². The first-order valence-corrected chi connectivity index (χ1v) is 16.7. The van der Waals surface area contributed by atoms with Crippen molar-refractivity contribution in [2.24, 2.45) is 0 Å². The molecule has 46 heavy (non-hydrogen) atoms. The zero-order valence-electron chi connectivity index (χ0n) is 28.3. The summed E-state index contributed by atoms with van der Waals surface area (Å²) in [4.78, 5) is 34.0. The molecule has 0 spiro atoms. The number of piperidine rings is 1. The van der Waals surface area contributed by atoms with Crippen LogP contribution in [0.4, 0.5) is 4.79 Å². The normalized spacial score (nSPS) is 16.2. The number of carbonyl (C=O) groups is 2. The van der Waals surface area contributed by atoms with Gasteiger partial charge in [0.1, 0.15) is 11.4 Å². The van der Waals surface area contributed by atoms with E-state index in [-0.39, 0.29) is 18.2 Å². The number of aromatic nitrogens is 2. The lowest BCUT2D eigenvalue weighted by atomic mass is 9.95. The molecule has 1 saturated heterocycles. The van der Waals surface area contributed by atoms with Crippen LogP contribution in [-0.4, -0.2) is 64.9 Å². The van der Waals surface area contributed by atoms with Crippen molar-refractivity contribution in [1.82, 2.24) is 19.8 Å². The Morgan fingerprint density at radius 2 is 1.83 bits per heavy atom. The minimum atomic E-state index is -0.633. The number of ether oxygens (including phenoxy) is 2. The molecule has 2 amide bonds. The molecule has 1 N–H and O–H groups in total. The molecule has 5 rings (SSSR count). The third kappa shape index (κ3) is 8.46. The van der Waals surface area contributed by atoms with Crippen molar-refractivity contribution < 1.29 is 19.1 Å². The molecule has 0 aliphatic carbocycles. The highest BCUT2D eigenvalue weighted by Gasteiger charge is 2.31. The van der Waals surface area contributed by atoms with Crippen molar-refractivity contribution >= 4 is 33.8 Å². The Kier molecular flexibility index (Phi) is 10.7. The van der Waals surface area contributed by atoms with Gasteiger partial charge < -0.3 is 24.3 Å². The number of hydrogen-bond acceptors (Lipinski definition) is 5. The molecule has 4 aromatic rings. The highest BCUT2D eigenvalue weighted by atomic mass is 16.6. The van der Waals surface area contributed by atoms with Crippen molar-refractivity contribution in [3.8, 4) is 0 Å². The van der Waals surface area contributed by atoms with E-state index < -0.39 is 17.7 Å². The lowest BCUT2D eigenvalue weighted by Crippen LogP contribution is -2.46. The minimum Gasteiger partial charge on any atom is -0.444 e. The van der Waals surface area contributed by atoms with Gasteiger partial charge in [0.25, 0.3) is 0 Å². The number of hydrogen-bond donors (Lipinski definition) is 1. The van der Waals surface area contributed by atoms with Gasteiger partial charge in [-0.2, -0.15) is 0 Å². The van der Waals surface area contributed by atoms with Gasteiger partial charge in [0.15, 0.2) is 0 Å². The molecule has 1 aliphatic heterocycles. The molecular weight excluding hydrogens is 576 g/mol. The van der Waals surface area contributed by atoms with Crippen LogP contribution in [0, 0.1) is 0 Å². The van der Waals surface area contributed by atoms with Gasteiger partial charge in [0.05, 0.1) is 11.0 Å². The summed E-state index contributed by atoms with van der Waals surface area (Å²) in [5.41, 5.74) is 3.85. The molecule has 1 aliphatic rings. The third-order valence-corrected chi connectivity index (χ3v) is 8.78. The lowest BCUT2D eigenvalue weighted by Gasteiger charge is -2.34. The first kappa shape index (κ1) is 33.5. The van der Waals surface area contributed by atoms with E-state index in [4.69, 9.17) is 14.5 Å². The summed E-state index contributed by atoms with van der Waals surface area (Å²) in [6.07, 6.45) is 2.99. The number of amides is 2. The van der Waals surface area contributed by atoms with E-state index in [0.717, 1.165) is 59.0 Å². The number of carbonyl (C=O) groups excluding carboxylic acids is 2. The highest BCUT2D eigenvalue weighted by molar-refractivity contribution is 5.83. The smallest absolute Gasteiger partial charge is 0.407 e. The van der Waals surface area contributed by atoms with Crippen LogP contribution in [0.2, 0.25) is 0 Å². The van der Waals surface area contributed by atoms with E-state index in [1.54, 1.807) is 7.11 Å². The molecule has 3 aromatic carbocycles. The number of alkyl carbamates (subject to hydrolysis) is 1. The minimum absolute atomic E-state index is 0.0377. The fourth-order valence-corrected chi connectivity index (χ4v) is 6.49. The number of aryl methyl sites for hydroxylation is 1. The number of imidazole rings is 1. The largest absolute Gasteiger partial charge is 0.444 e. The van der Waals surface area contributed by atoms with Gasteiger partial charge >= 0.3 is 6.09 Å². The second-order valence-electron chi connectivity index (χ2n) is 14.0. The van der Waals surface area contributed by atoms with Crippen LogP contribution in [0.15, 0.2) is 60.7 Å². The topological polar surface area (TPSA) is 85.7 Å². The monoisotopic (exact) mass is 626 g/mol. The molecule has 2 heterocycles. The Balaban J connectivity index is 1.35. The second kappa shape index (κ2) is 14.7. The summed E-state index contributed by atoms with van der Waals surface area (Å²) in [7, 11) is 1.73. The molecule has 1 fully saturated rings. The SMILES string of the molecule is COCCCn1c(C2CCCN(C(=O)C[C@@H](Cc3ccc4ccccc4c3)NC(=O)OC(C)(C)C)C2)nc2cc(C(C)C)ccc21. The molecule has 1 aromatic heterocycles. The third-order valence-electron chi connectivity index (χ3n) is 8.78. The summed E-state index contributed by atoms with van der Waals surface area (Å²) < 4.78 is 13.3. The van der Waals surface area contributed by atoms with E-state index in [2.05, 4.69) is 72.3 Å². The van der Waals surface area contributed by atoms with Crippen molar-refractivity contribution in [2.75, 3.05) is 26.8 Å². The lowest BCUT2D eigenvalue weighted by molar-refractivity contribution is -0.132.